The van der Waals surface area contributed by atoms with Crippen LogP contribution >= 0.6 is 0 Å². The minimum Gasteiger partial charge on any atom is -0.493 e. The van der Waals surface area contributed by atoms with Crippen molar-refractivity contribution < 1.29 is 33.3 Å². The lowest BCUT2D eigenvalue weighted by molar-refractivity contribution is -0.123. The molecule has 0 saturated heterocycles. The van der Waals surface area contributed by atoms with Crippen molar-refractivity contribution in [2.45, 2.75) is 19.9 Å². The van der Waals surface area contributed by atoms with Crippen LogP contribution in [0, 0.1) is 0 Å². The van der Waals surface area contributed by atoms with E-state index in [1.165, 1.54) is 28.4 Å². The molecular weight excluding hydrogens is 416 g/mol. The lowest BCUT2D eigenvalue weighted by Crippen LogP contribution is -2.28. The quantitative estimate of drug-likeness (QED) is 0.514. The number of nitrogens with one attached hydrogen (secondary N) is 2. The Morgan fingerprint density at radius 3 is 1.94 bits per heavy atom. The molecule has 2 N–H and O–H groups in total. The number of amides is 2. The Balaban J connectivity index is 2.00. The molecule has 0 aliphatic rings. The zero-order chi connectivity index (χ0) is 23.5. The van der Waals surface area contributed by atoms with Crippen molar-refractivity contribution in [3.05, 3.63) is 41.5 Å². The number of carbonyl (C=O) groups is 2. The Kier molecular flexibility index (Phi) is 9.46. The van der Waals surface area contributed by atoms with Crippen LogP contribution in [0.25, 0.3) is 0 Å². The zero-order valence-corrected chi connectivity index (χ0v) is 19.1. The fourth-order valence-corrected chi connectivity index (χ4v) is 3.02. The van der Waals surface area contributed by atoms with Crippen LogP contribution < -0.4 is 34.3 Å². The molecule has 0 saturated carbocycles. The van der Waals surface area contributed by atoms with Crippen LogP contribution in [0.1, 0.15) is 18.1 Å². The van der Waals surface area contributed by atoms with Gasteiger partial charge in [0.2, 0.25) is 11.7 Å². The van der Waals surface area contributed by atoms with Crippen molar-refractivity contribution in [3.63, 3.8) is 0 Å². The number of benzene rings is 2. The molecule has 0 radical (unpaired) electrons. The number of methoxy groups -OCH3 is 4. The summed E-state index contributed by atoms with van der Waals surface area (Å²) in [4.78, 5) is 24.1. The average molecular weight is 447 g/mol. The lowest BCUT2D eigenvalue weighted by Gasteiger charge is -2.14. The normalized spacial score (nSPS) is 10.2. The Hall–Kier alpha value is -3.62. The first-order valence-corrected chi connectivity index (χ1v) is 10.1. The second-order valence-corrected chi connectivity index (χ2v) is 6.71. The highest BCUT2D eigenvalue weighted by molar-refractivity contribution is 5.79. The minimum atomic E-state index is -0.210. The molecule has 32 heavy (non-hydrogen) atoms. The SMILES string of the molecule is CCNC(=O)COc1ccc(CNC(=O)Cc2cc(OC)c(OC)c(OC)c2)cc1OC. The van der Waals surface area contributed by atoms with E-state index in [9.17, 15) is 9.59 Å². The van der Waals surface area contributed by atoms with Crippen LogP contribution in [0.15, 0.2) is 30.3 Å². The van der Waals surface area contributed by atoms with Gasteiger partial charge in [-0.2, -0.15) is 0 Å². The van der Waals surface area contributed by atoms with Gasteiger partial charge in [-0.1, -0.05) is 6.07 Å². The fraction of sp³-hybridized carbons (Fsp3) is 0.391. The van der Waals surface area contributed by atoms with Gasteiger partial charge < -0.3 is 34.3 Å². The Labute approximate surface area is 187 Å². The molecule has 2 rings (SSSR count). The summed E-state index contributed by atoms with van der Waals surface area (Å²) in [6.07, 6.45) is 0.140. The van der Waals surface area contributed by atoms with E-state index in [1.54, 1.807) is 30.3 Å². The van der Waals surface area contributed by atoms with Crippen LogP contribution in [0.3, 0.4) is 0 Å². The van der Waals surface area contributed by atoms with E-state index in [0.717, 1.165) is 11.1 Å². The van der Waals surface area contributed by atoms with E-state index in [-0.39, 0.29) is 24.8 Å². The van der Waals surface area contributed by atoms with E-state index in [2.05, 4.69) is 10.6 Å². The average Bonchev–Trinajstić information content (AvgIpc) is 2.80. The van der Waals surface area contributed by atoms with Crippen molar-refractivity contribution in [2.75, 3.05) is 41.6 Å². The second-order valence-electron chi connectivity index (χ2n) is 6.71. The molecule has 0 atom stereocenters. The predicted molar refractivity (Wildman–Crippen MR) is 119 cm³/mol. The summed E-state index contributed by atoms with van der Waals surface area (Å²) in [5.74, 6) is 2.00. The van der Waals surface area contributed by atoms with Gasteiger partial charge >= 0.3 is 0 Å². The van der Waals surface area contributed by atoms with Crippen LogP contribution in [0.4, 0.5) is 0 Å². The molecule has 2 aromatic carbocycles. The largest absolute Gasteiger partial charge is 0.493 e. The van der Waals surface area contributed by atoms with Crippen LogP contribution in [-0.4, -0.2) is 53.4 Å². The maximum absolute atomic E-state index is 12.5. The Morgan fingerprint density at radius 2 is 1.38 bits per heavy atom. The predicted octanol–water partition coefficient (Wildman–Crippen LogP) is 2.09. The van der Waals surface area contributed by atoms with Gasteiger partial charge in [0, 0.05) is 13.1 Å². The van der Waals surface area contributed by atoms with Crippen molar-refractivity contribution in [1.29, 1.82) is 0 Å². The van der Waals surface area contributed by atoms with E-state index >= 15 is 0 Å². The maximum atomic E-state index is 12.5. The lowest BCUT2D eigenvalue weighted by atomic mass is 10.1. The number of rotatable bonds is 12. The van der Waals surface area contributed by atoms with E-state index < -0.39 is 0 Å². The molecule has 174 valence electrons. The van der Waals surface area contributed by atoms with Gasteiger partial charge in [-0.3, -0.25) is 9.59 Å². The highest BCUT2D eigenvalue weighted by Gasteiger charge is 2.15. The van der Waals surface area contributed by atoms with Crippen molar-refractivity contribution in [2.24, 2.45) is 0 Å². The zero-order valence-electron chi connectivity index (χ0n) is 19.1. The highest BCUT2D eigenvalue weighted by Crippen LogP contribution is 2.38. The highest BCUT2D eigenvalue weighted by atomic mass is 16.5. The molecule has 2 aromatic rings. The molecule has 0 aromatic heterocycles. The Bertz CT molecular complexity index is 906. The molecule has 0 aliphatic carbocycles. The number of likely N-dealkylation sites (N-methyl/N-ethyl adjacent to an activating group) is 1. The van der Waals surface area contributed by atoms with Gasteiger partial charge in [-0.25, -0.2) is 0 Å². The van der Waals surface area contributed by atoms with Gasteiger partial charge in [0.15, 0.2) is 29.6 Å². The van der Waals surface area contributed by atoms with Gasteiger partial charge in [-0.05, 0) is 42.3 Å². The molecule has 0 fully saturated rings. The van der Waals surface area contributed by atoms with E-state index in [4.69, 9.17) is 23.7 Å². The molecule has 9 nitrogen and oxygen atoms in total. The van der Waals surface area contributed by atoms with Crippen LogP contribution in [0.2, 0.25) is 0 Å². The van der Waals surface area contributed by atoms with Crippen molar-refractivity contribution >= 4 is 11.8 Å². The third kappa shape index (κ3) is 6.69. The molecule has 0 unspecified atom stereocenters. The summed E-state index contributed by atoms with van der Waals surface area (Å²) in [5, 5.41) is 5.54. The smallest absolute Gasteiger partial charge is 0.257 e. The third-order valence-electron chi connectivity index (χ3n) is 4.54. The van der Waals surface area contributed by atoms with Gasteiger partial charge in [0.25, 0.3) is 5.91 Å². The molecule has 0 aliphatic heterocycles. The van der Waals surface area contributed by atoms with Gasteiger partial charge in [0.1, 0.15) is 0 Å². The standard InChI is InChI=1S/C23H30N2O7/c1-6-24-22(27)14-32-17-8-7-15(9-18(17)28-2)13-25-21(26)12-16-10-19(29-3)23(31-5)20(11-16)30-4/h7-11H,6,12-14H2,1-5H3,(H,24,27)(H,25,26). The molecule has 0 bridgehead atoms. The Morgan fingerprint density at radius 1 is 0.750 bits per heavy atom. The van der Waals surface area contributed by atoms with E-state index in [0.29, 0.717) is 41.8 Å². The first-order chi connectivity index (χ1) is 15.4. The number of carbonyl (C=O) groups excluding carboxylic acids is 2. The fourth-order valence-electron chi connectivity index (χ4n) is 3.02. The second kappa shape index (κ2) is 12.3. The number of hydrogen-bond donors (Lipinski definition) is 2. The maximum Gasteiger partial charge on any atom is 0.257 e. The van der Waals surface area contributed by atoms with E-state index in [1.807, 2.05) is 6.92 Å². The summed E-state index contributed by atoms with van der Waals surface area (Å²) in [6, 6.07) is 8.75. The van der Waals surface area contributed by atoms with Crippen LogP contribution in [-0.2, 0) is 22.6 Å². The number of hydrogen-bond acceptors (Lipinski definition) is 7. The molecule has 2 amide bonds. The van der Waals surface area contributed by atoms with Crippen LogP contribution in [0.5, 0.6) is 28.7 Å². The third-order valence-corrected chi connectivity index (χ3v) is 4.54. The van der Waals surface area contributed by atoms with Gasteiger partial charge in [-0.15, -0.1) is 0 Å². The summed E-state index contributed by atoms with van der Waals surface area (Å²) < 4.78 is 26.8. The molecule has 9 heteroatoms. The topological polar surface area (TPSA) is 104 Å². The summed E-state index contributed by atoms with van der Waals surface area (Å²) in [7, 11) is 6.09. The number of ether oxygens (including phenoxy) is 5. The molecule has 0 spiro atoms. The summed E-state index contributed by atoms with van der Waals surface area (Å²) in [6.45, 7) is 2.57. The summed E-state index contributed by atoms with van der Waals surface area (Å²) >= 11 is 0. The van der Waals surface area contributed by atoms with Crippen molar-refractivity contribution in [3.8, 4) is 28.7 Å². The summed E-state index contributed by atoms with van der Waals surface area (Å²) in [5.41, 5.74) is 1.55. The first kappa shape index (κ1) is 24.6. The monoisotopic (exact) mass is 446 g/mol. The van der Waals surface area contributed by atoms with Crippen molar-refractivity contribution in [1.82, 2.24) is 10.6 Å². The van der Waals surface area contributed by atoms with Gasteiger partial charge in [0.05, 0.1) is 34.9 Å². The molecular formula is C23H30N2O7. The minimum absolute atomic E-state index is 0.102. The first-order valence-electron chi connectivity index (χ1n) is 10.1. The molecule has 0 heterocycles.